The van der Waals surface area contributed by atoms with Crippen LogP contribution in [0.3, 0.4) is 0 Å². The Morgan fingerprint density at radius 3 is 2.61 bits per heavy atom. The molecule has 1 aromatic carbocycles. The molecule has 9 heteroatoms. The fourth-order valence-electron chi connectivity index (χ4n) is 3.47. The number of nitrogens with zero attached hydrogens (tertiary/aromatic N) is 2. The number of rotatable bonds is 4. The molecule has 2 heterocycles. The SMILES string of the molecule is Cc1ccc(S(=O)(=O)O)cc1.N#C[C@@H]1CCCN1C(=O)[C@@H]1C[C@H](CCO)CN1. The highest BCUT2D eigenvalue weighted by molar-refractivity contribution is 7.85. The molecule has 0 spiro atoms. The van der Waals surface area contributed by atoms with Crippen LogP contribution in [0, 0.1) is 24.2 Å². The zero-order chi connectivity index (χ0) is 20.7. The Hall–Kier alpha value is -1.99. The summed E-state index contributed by atoms with van der Waals surface area (Å²) in [5, 5.41) is 21.0. The van der Waals surface area contributed by atoms with E-state index in [4.69, 9.17) is 14.9 Å². The van der Waals surface area contributed by atoms with Crippen LogP contribution in [0.25, 0.3) is 0 Å². The van der Waals surface area contributed by atoms with Crippen LogP contribution in [0.2, 0.25) is 0 Å². The van der Waals surface area contributed by atoms with Crippen molar-refractivity contribution in [3.63, 3.8) is 0 Å². The number of carbonyl (C=O) groups is 1. The Kier molecular flexibility index (Phi) is 7.95. The van der Waals surface area contributed by atoms with Crippen LogP contribution in [-0.2, 0) is 14.9 Å². The van der Waals surface area contributed by atoms with Crippen molar-refractivity contribution in [2.45, 2.75) is 49.6 Å². The van der Waals surface area contributed by atoms with Crippen LogP contribution >= 0.6 is 0 Å². The van der Waals surface area contributed by atoms with E-state index in [9.17, 15) is 13.2 Å². The Balaban J connectivity index is 0.000000221. The molecule has 154 valence electrons. The first kappa shape index (κ1) is 22.3. The molecule has 3 atom stereocenters. The molecule has 0 aliphatic carbocycles. The normalized spacial score (nSPS) is 24.4. The molecule has 2 aliphatic heterocycles. The highest BCUT2D eigenvalue weighted by Crippen LogP contribution is 2.23. The van der Waals surface area contributed by atoms with Gasteiger partial charge in [-0.05, 0) is 57.2 Å². The van der Waals surface area contributed by atoms with Crippen LogP contribution < -0.4 is 5.32 Å². The third-order valence-corrected chi connectivity index (χ3v) is 5.93. The number of hydrogen-bond acceptors (Lipinski definition) is 6. The van der Waals surface area contributed by atoms with E-state index in [1.54, 1.807) is 17.0 Å². The van der Waals surface area contributed by atoms with Gasteiger partial charge in [0.15, 0.2) is 0 Å². The third-order valence-electron chi connectivity index (χ3n) is 5.06. The fourth-order valence-corrected chi connectivity index (χ4v) is 3.95. The molecule has 0 saturated carbocycles. The van der Waals surface area contributed by atoms with Crippen molar-refractivity contribution in [3.8, 4) is 6.07 Å². The largest absolute Gasteiger partial charge is 0.396 e. The van der Waals surface area contributed by atoms with E-state index in [2.05, 4.69) is 11.4 Å². The lowest BCUT2D eigenvalue weighted by molar-refractivity contribution is -0.133. The van der Waals surface area contributed by atoms with E-state index in [0.29, 0.717) is 12.5 Å². The maximum absolute atomic E-state index is 12.2. The number of aliphatic hydroxyl groups excluding tert-OH is 1. The van der Waals surface area contributed by atoms with Crippen molar-refractivity contribution in [2.75, 3.05) is 19.7 Å². The Labute approximate surface area is 165 Å². The first-order valence-electron chi connectivity index (χ1n) is 9.34. The van der Waals surface area contributed by atoms with Gasteiger partial charge in [0, 0.05) is 13.2 Å². The van der Waals surface area contributed by atoms with Gasteiger partial charge in [0.05, 0.1) is 17.0 Å². The smallest absolute Gasteiger partial charge is 0.294 e. The molecule has 2 fully saturated rings. The van der Waals surface area contributed by atoms with Gasteiger partial charge in [0.2, 0.25) is 5.91 Å². The van der Waals surface area contributed by atoms with E-state index in [-0.39, 0.29) is 29.5 Å². The van der Waals surface area contributed by atoms with Crippen molar-refractivity contribution in [2.24, 2.45) is 5.92 Å². The lowest BCUT2D eigenvalue weighted by Gasteiger charge is -2.23. The summed E-state index contributed by atoms with van der Waals surface area (Å²) in [7, 11) is -4.02. The second kappa shape index (κ2) is 9.98. The molecular formula is C19H27N3O5S. The second-order valence-electron chi connectivity index (χ2n) is 7.18. The molecule has 28 heavy (non-hydrogen) atoms. The Morgan fingerprint density at radius 2 is 2.04 bits per heavy atom. The minimum atomic E-state index is -4.02. The van der Waals surface area contributed by atoms with E-state index < -0.39 is 10.1 Å². The van der Waals surface area contributed by atoms with Gasteiger partial charge in [0.25, 0.3) is 10.1 Å². The molecule has 2 saturated heterocycles. The molecule has 0 radical (unpaired) electrons. The fraction of sp³-hybridized carbons (Fsp3) is 0.579. The Bertz CT molecular complexity index is 804. The van der Waals surface area contributed by atoms with Crippen LogP contribution in [0.1, 0.15) is 31.2 Å². The molecular weight excluding hydrogens is 382 g/mol. The summed E-state index contributed by atoms with van der Waals surface area (Å²) in [6.45, 7) is 3.52. The predicted molar refractivity (Wildman–Crippen MR) is 103 cm³/mol. The summed E-state index contributed by atoms with van der Waals surface area (Å²) in [4.78, 5) is 13.9. The molecule has 0 aromatic heterocycles. The summed E-state index contributed by atoms with van der Waals surface area (Å²) in [6.07, 6.45) is 3.26. The average Bonchev–Trinajstić information content (AvgIpc) is 3.31. The van der Waals surface area contributed by atoms with E-state index in [0.717, 1.165) is 37.8 Å². The van der Waals surface area contributed by atoms with Gasteiger partial charge in [-0.2, -0.15) is 13.7 Å². The molecule has 1 amide bonds. The van der Waals surface area contributed by atoms with Crippen molar-refractivity contribution in [1.82, 2.24) is 10.2 Å². The summed E-state index contributed by atoms with van der Waals surface area (Å²) in [5.74, 6) is 0.451. The summed E-state index contributed by atoms with van der Waals surface area (Å²) in [5.41, 5.74) is 0.956. The van der Waals surface area contributed by atoms with Gasteiger partial charge < -0.3 is 15.3 Å². The van der Waals surface area contributed by atoms with Crippen LogP contribution in [0.4, 0.5) is 0 Å². The zero-order valence-corrected chi connectivity index (χ0v) is 16.7. The van der Waals surface area contributed by atoms with Crippen LogP contribution in [-0.4, -0.2) is 60.7 Å². The highest BCUT2D eigenvalue weighted by atomic mass is 32.2. The summed E-state index contributed by atoms with van der Waals surface area (Å²) in [6, 6.07) is 7.79. The van der Waals surface area contributed by atoms with Crippen molar-refractivity contribution < 1.29 is 22.9 Å². The van der Waals surface area contributed by atoms with E-state index in [1.165, 1.54) is 12.1 Å². The van der Waals surface area contributed by atoms with Gasteiger partial charge in [-0.25, -0.2) is 0 Å². The monoisotopic (exact) mass is 409 g/mol. The number of hydrogen-bond donors (Lipinski definition) is 3. The molecule has 3 N–H and O–H groups in total. The topological polar surface area (TPSA) is 131 Å². The standard InChI is InChI=1S/C12H19N3O2.C7H8O3S/c13-7-10-2-1-4-15(10)12(17)11-6-9(3-5-16)8-14-11;1-6-2-4-7(5-3-6)11(8,9)10/h9-11,14,16H,1-6,8H2;2-5H,1H3,(H,8,9,10)/t9-,10-,11-;/m0./s1. The summed E-state index contributed by atoms with van der Waals surface area (Å²) < 4.78 is 29.6. The number of nitrogens with one attached hydrogen (secondary N) is 1. The van der Waals surface area contributed by atoms with E-state index >= 15 is 0 Å². The van der Waals surface area contributed by atoms with Gasteiger partial charge >= 0.3 is 0 Å². The third kappa shape index (κ3) is 6.01. The number of aryl methyl sites for hydroxylation is 1. The molecule has 8 nitrogen and oxygen atoms in total. The molecule has 1 aromatic rings. The quantitative estimate of drug-likeness (QED) is 0.635. The number of benzene rings is 1. The minimum absolute atomic E-state index is 0.0643. The van der Waals surface area contributed by atoms with Crippen molar-refractivity contribution >= 4 is 16.0 Å². The number of aliphatic hydroxyl groups is 1. The minimum Gasteiger partial charge on any atom is -0.396 e. The maximum Gasteiger partial charge on any atom is 0.294 e. The number of carbonyl (C=O) groups excluding carboxylic acids is 1. The first-order valence-corrected chi connectivity index (χ1v) is 10.8. The second-order valence-corrected chi connectivity index (χ2v) is 8.60. The van der Waals surface area contributed by atoms with Gasteiger partial charge in [-0.15, -0.1) is 0 Å². The number of amides is 1. The first-order chi connectivity index (χ1) is 13.3. The zero-order valence-electron chi connectivity index (χ0n) is 15.9. The maximum atomic E-state index is 12.2. The average molecular weight is 410 g/mol. The van der Waals surface area contributed by atoms with Crippen LogP contribution in [0.5, 0.6) is 0 Å². The van der Waals surface area contributed by atoms with Gasteiger partial charge in [-0.1, -0.05) is 17.7 Å². The Morgan fingerprint density at radius 1 is 1.36 bits per heavy atom. The lowest BCUT2D eigenvalue weighted by atomic mass is 10.0. The van der Waals surface area contributed by atoms with Gasteiger partial charge in [0.1, 0.15) is 6.04 Å². The molecule has 3 rings (SSSR count). The highest BCUT2D eigenvalue weighted by Gasteiger charge is 2.36. The van der Waals surface area contributed by atoms with Gasteiger partial charge in [-0.3, -0.25) is 9.35 Å². The number of nitriles is 1. The molecule has 2 aliphatic rings. The predicted octanol–water partition coefficient (Wildman–Crippen LogP) is 1.10. The van der Waals surface area contributed by atoms with Crippen molar-refractivity contribution in [1.29, 1.82) is 5.26 Å². The van der Waals surface area contributed by atoms with Crippen molar-refractivity contribution in [3.05, 3.63) is 29.8 Å². The van der Waals surface area contributed by atoms with E-state index in [1.807, 2.05) is 6.92 Å². The summed E-state index contributed by atoms with van der Waals surface area (Å²) >= 11 is 0. The molecule has 0 bridgehead atoms. The van der Waals surface area contributed by atoms with Crippen LogP contribution in [0.15, 0.2) is 29.2 Å². The number of likely N-dealkylation sites (tertiary alicyclic amines) is 1. The lowest BCUT2D eigenvalue weighted by Crippen LogP contribution is -2.45. The molecule has 0 unspecified atom stereocenters.